The minimum atomic E-state index is -0.775. The molecule has 0 aromatic heterocycles. The zero-order chi connectivity index (χ0) is 12.6. The Hall–Kier alpha value is -0.770. The Kier molecular flexibility index (Phi) is 3.22. The molecule has 1 saturated heterocycles. The van der Waals surface area contributed by atoms with Crippen LogP contribution in [-0.2, 0) is 17.6 Å². The molecule has 2 aliphatic rings. The number of fused-ring (bicyclic) bond motifs is 1. The van der Waals surface area contributed by atoms with Gasteiger partial charge in [0.2, 0.25) is 0 Å². The lowest BCUT2D eigenvalue weighted by Gasteiger charge is -2.32. The molecular formula is C14H17ClO3. The summed E-state index contributed by atoms with van der Waals surface area (Å²) in [6.07, 6.45) is 3.13. The molecule has 0 spiro atoms. The summed E-state index contributed by atoms with van der Waals surface area (Å²) >= 11 is 6.12. The summed E-state index contributed by atoms with van der Waals surface area (Å²) in [5.74, 6) is 0.915. The molecule has 98 valence electrons. The van der Waals surface area contributed by atoms with E-state index in [9.17, 15) is 5.11 Å². The van der Waals surface area contributed by atoms with Gasteiger partial charge in [-0.1, -0.05) is 11.6 Å². The standard InChI is InChI=1S/C14H17ClO3/c15-12-6-10-2-5-18-13(10)11(7-12)8-14(16)3-1-4-17-9-14/h6-7,16H,1-5,8-9H2. The molecule has 1 unspecified atom stereocenters. The summed E-state index contributed by atoms with van der Waals surface area (Å²) in [6.45, 7) is 1.85. The second kappa shape index (κ2) is 4.72. The summed E-state index contributed by atoms with van der Waals surface area (Å²) in [5.41, 5.74) is 1.38. The minimum Gasteiger partial charge on any atom is -0.493 e. The van der Waals surface area contributed by atoms with Crippen molar-refractivity contribution in [2.24, 2.45) is 0 Å². The van der Waals surface area contributed by atoms with Crippen LogP contribution < -0.4 is 4.74 Å². The molecule has 0 aliphatic carbocycles. The third-order valence-corrected chi connectivity index (χ3v) is 3.86. The molecule has 18 heavy (non-hydrogen) atoms. The van der Waals surface area contributed by atoms with Crippen molar-refractivity contribution in [3.8, 4) is 5.75 Å². The summed E-state index contributed by atoms with van der Waals surface area (Å²) in [5, 5.41) is 11.2. The molecule has 1 fully saturated rings. The van der Waals surface area contributed by atoms with Gasteiger partial charge in [-0.2, -0.15) is 0 Å². The van der Waals surface area contributed by atoms with Gasteiger partial charge < -0.3 is 14.6 Å². The first-order valence-electron chi connectivity index (χ1n) is 6.41. The van der Waals surface area contributed by atoms with E-state index in [2.05, 4.69) is 0 Å². The summed E-state index contributed by atoms with van der Waals surface area (Å²) in [4.78, 5) is 0. The van der Waals surface area contributed by atoms with Crippen LogP contribution in [0.4, 0.5) is 0 Å². The first kappa shape index (κ1) is 12.3. The van der Waals surface area contributed by atoms with Crippen LogP contribution in [0.25, 0.3) is 0 Å². The van der Waals surface area contributed by atoms with E-state index < -0.39 is 5.60 Å². The largest absolute Gasteiger partial charge is 0.493 e. The fraction of sp³-hybridized carbons (Fsp3) is 0.571. The lowest BCUT2D eigenvalue weighted by molar-refractivity contribution is -0.0846. The molecule has 2 aliphatic heterocycles. The molecule has 1 aromatic rings. The van der Waals surface area contributed by atoms with Crippen molar-refractivity contribution in [1.29, 1.82) is 0 Å². The van der Waals surface area contributed by atoms with Gasteiger partial charge in [0.15, 0.2) is 0 Å². The van der Waals surface area contributed by atoms with Crippen LogP contribution in [0.15, 0.2) is 12.1 Å². The highest BCUT2D eigenvalue weighted by Crippen LogP contribution is 2.36. The Morgan fingerprint density at radius 2 is 2.22 bits per heavy atom. The number of hydrogen-bond acceptors (Lipinski definition) is 3. The predicted molar refractivity (Wildman–Crippen MR) is 69.4 cm³/mol. The van der Waals surface area contributed by atoms with Gasteiger partial charge >= 0.3 is 0 Å². The SMILES string of the molecule is OC1(Cc2cc(Cl)cc3c2OCC3)CCCOC1. The van der Waals surface area contributed by atoms with Gasteiger partial charge in [-0.3, -0.25) is 0 Å². The summed E-state index contributed by atoms with van der Waals surface area (Å²) in [7, 11) is 0. The maximum atomic E-state index is 10.5. The summed E-state index contributed by atoms with van der Waals surface area (Å²) < 4.78 is 11.0. The molecule has 1 N–H and O–H groups in total. The van der Waals surface area contributed by atoms with E-state index in [4.69, 9.17) is 21.1 Å². The number of aliphatic hydroxyl groups is 1. The number of hydrogen-bond donors (Lipinski definition) is 1. The van der Waals surface area contributed by atoms with Crippen LogP contribution in [0.5, 0.6) is 5.75 Å². The van der Waals surface area contributed by atoms with Crippen LogP contribution in [0.3, 0.4) is 0 Å². The van der Waals surface area contributed by atoms with E-state index in [1.165, 1.54) is 0 Å². The maximum Gasteiger partial charge on any atom is 0.126 e. The summed E-state index contributed by atoms with van der Waals surface area (Å²) in [6, 6.07) is 3.85. The molecule has 3 nitrogen and oxygen atoms in total. The predicted octanol–water partition coefficient (Wildman–Crippen LogP) is 2.36. The van der Waals surface area contributed by atoms with Gasteiger partial charge in [0.25, 0.3) is 0 Å². The highest BCUT2D eigenvalue weighted by atomic mass is 35.5. The van der Waals surface area contributed by atoms with Gasteiger partial charge in [-0.05, 0) is 36.1 Å². The smallest absolute Gasteiger partial charge is 0.126 e. The number of benzene rings is 1. The zero-order valence-corrected chi connectivity index (χ0v) is 11.0. The fourth-order valence-electron chi connectivity index (χ4n) is 2.81. The first-order valence-corrected chi connectivity index (χ1v) is 6.78. The molecule has 1 aromatic carbocycles. The molecule has 3 rings (SSSR count). The molecule has 0 bridgehead atoms. The van der Waals surface area contributed by atoms with Gasteiger partial charge in [0.05, 0.1) is 18.8 Å². The van der Waals surface area contributed by atoms with Crippen LogP contribution >= 0.6 is 11.6 Å². The van der Waals surface area contributed by atoms with Gasteiger partial charge in [0, 0.05) is 24.5 Å². The van der Waals surface area contributed by atoms with Crippen molar-refractivity contribution in [2.75, 3.05) is 19.8 Å². The fourth-order valence-corrected chi connectivity index (χ4v) is 3.07. The molecule has 0 radical (unpaired) electrons. The van der Waals surface area contributed by atoms with E-state index >= 15 is 0 Å². The van der Waals surface area contributed by atoms with E-state index in [1.807, 2.05) is 12.1 Å². The third kappa shape index (κ3) is 2.35. The Morgan fingerprint density at radius 3 is 3.00 bits per heavy atom. The molecule has 2 heterocycles. The van der Waals surface area contributed by atoms with Gasteiger partial charge in [0.1, 0.15) is 5.75 Å². The number of halogens is 1. The zero-order valence-electron chi connectivity index (χ0n) is 10.2. The maximum absolute atomic E-state index is 10.5. The number of ether oxygens (including phenoxy) is 2. The third-order valence-electron chi connectivity index (χ3n) is 3.65. The Morgan fingerprint density at radius 1 is 1.33 bits per heavy atom. The van der Waals surface area contributed by atoms with Crippen LogP contribution in [0.1, 0.15) is 24.0 Å². The van der Waals surface area contributed by atoms with E-state index in [0.29, 0.717) is 19.6 Å². The van der Waals surface area contributed by atoms with Crippen LogP contribution in [-0.4, -0.2) is 30.5 Å². The lowest BCUT2D eigenvalue weighted by atomic mass is 9.88. The van der Waals surface area contributed by atoms with Crippen molar-refractivity contribution in [1.82, 2.24) is 0 Å². The van der Waals surface area contributed by atoms with Gasteiger partial charge in [-0.25, -0.2) is 0 Å². The quantitative estimate of drug-likeness (QED) is 0.895. The van der Waals surface area contributed by atoms with E-state index in [0.717, 1.165) is 47.8 Å². The van der Waals surface area contributed by atoms with Crippen molar-refractivity contribution in [2.45, 2.75) is 31.3 Å². The molecule has 4 heteroatoms. The topological polar surface area (TPSA) is 38.7 Å². The highest BCUT2D eigenvalue weighted by molar-refractivity contribution is 6.30. The van der Waals surface area contributed by atoms with Gasteiger partial charge in [-0.15, -0.1) is 0 Å². The van der Waals surface area contributed by atoms with Crippen molar-refractivity contribution in [3.63, 3.8) is 0 Å². The normalized spacial score (nSPS) is 26.8. The highest BCUT2D eigenvalue weighted by Gasteiger charge is 2.32. The number of rotatable bonds is 2. The van der Waals surface area contributed by atoms with Crippen molar-refractivity contribution < 1.29 is 14.6 Å². The average molecular weight is 269 g/mol. The Labute approximate surface area is 112 Å². The van der Waals surface area contributed by atoms with Crippen LogP contribution in [0.2, 0.25) is 5.02 Å². The second-order valence-corrected chi connectivity index (χ2v) is 5.65. The average Bonchev–Trinajstić information content (AvgIpc) is 2.77. The van der Waals surface area contributed by atoms with E-state index in [1.54, 1.807) is 0 Å². The molecule has 0 saturated carbocycles. The van der Waals surface area contributed by atoms with Crippen LogP contribution in [0, 0.1) is 0 Å². The Bertz CT molecular complexity index is 453. The van der Waals surface area contributed by atoms with E-state index in [-0.39, 0.29) is 0 Å². The second-order valence-electron chi connectivity index (χ2n) is 5.21. The van der Waals surface area contributed by atoms with Crippen molar-refractivity contribution >= 4 is 11.6 Å². The lowest BCUT2D eigenvalue weighted by Crippen LogP contribution is -2.40. The first-order chi connectivity index (χ1) is 8.66. The van der Waals surface area contributed by atoms with Crippen molar-refractivity contribution in [3.05, 3.63) is 28.3 Å². The molecule has 0 amide bonds. The molecular weight excluding hydrogens is 252 g/mol. The molecule has 1 atom stereocenters. The Balaban J connectivity index is 1.88. The monoisotopic (exact) mass is 268 g/mol. The minimum absolute atomic E-state index is 0.397.